The number of rotatable bonds is 2. The van der Waals surface area contributed by atoms with Crippen LogP contribution in [0.4, 0.5) is 0 Å². The average molecular weight is 222 g/mol. The van der Waals surface area contributed by atoms with E-state index in [4.69, 9.17) is 17.3 Å². The van der Waals surface area contributed by atoms with E-state index in [1.165, 1.54) is 12.8 Å². The molecule has 0 unspecified atom stereocenters. The van der Waals surface area contributed by atoms with Crippen LogP contribution in [0.1, 0.15) is 24.4 Å². The van der Waals surface area contributed by atoms with Gasteiger partial charge < -0.3 is 10.3 Å². The lowest BCUT2D eigenvalue weighted by atomic mass is 10.2. The Morgan fingerprint density at radius 1 is 1.53 bits per heavy atom. The van der Waals surface area contributed by atoms with Crippen molar-refractivity contribution in [1.82, 2.24) is 9.55 Å². The summed E-state index contributed by atoms with van der Waals surface area (Å²) in [4.78, 5) is 4.39. The fourth-order valence-corrected chi connectivity index (χ4v) is 2.12. The summed E-state index contributed by atoms with van der Waals surface area (Å²) in [5, 5.41) is 1.77. The topological polar surface area (TPSA) is 43.8 Å². The van der Waals surface area contributed by atoms with Crippen molar-refractivity contribution in [1.29, 1.82) is 0 Å². The SMILES string of the molecule is NCc1cn(C2CC2)c2ncc(Cl)cc12. The first-order valence-corrected chi connectivity index (χ1v) is 5.52. The van der Waals surface area contributed by atoms with Gasteiger partial charge >= 0.3 is 0 Å². The molecule has 0 radical (unpaired) electrons. The van der Waals surface area contributed by atoms with E-state index < -0.39 is 0 Å². The molecule has 15 heavy (non-hydrogen) atoms. The average Bonchev–Trinajstić information content (AvgIpc) is 3.01. The van der Waals surface area contributed by atoms with E-state index in [0.29, 0.717) is 17.6 Å². The van der Waals surface area contributed by atoms with Gasteiger partial charge in [0.15, 0.2) is 0 Å². The molecule has 2 aromatic rings. The third-order valence-electron chi connectivity index (χ3n) is 2.88. The molecule has 2 heterocycles. The Morgan fingerprint density at radius 2 is 2.33 bits per heavy atom. The zero-order chi connectivity index (χ0) is 10.4. The van der Waals surface area contributed by atoms with Crippen LogP contribution >= 0.6 is 11.6 Å². The first kappa shape index (κ1) is 9.19. The second-order valence-electron chi connectivity index (χ2n) is 4.02. The fourth-order valence-electron chi connectivity index (χ4n) is 1.97. The molecule has 3 rings (SSSR count). The minimum atomic E-state index is 0.540. The van der Waals surface area contributed by atoms with Gasteiger partial charge in [0, 0.05) is 30.4 Å². The lowest BCUT2D eigenvalue weighted by Gasteiger charge is -2.00. The highest BCUT2D eigenvalue weighted by Crippen LogP contribution is 2.38. The predicted octanol–water partition coefficient (Wildman–Crippen LogP) is 2.48. The molecule has 1 fully saturated rings. The van der Waals surface area contributed by atoms with Crippen LogP contribution in [0.15, 0.2) is 18.5 Å². The molecule has 0 spiro atoms. The summed E-state index contributed by atoms with van der Waals surface area (Å²) in [6.45, 7) is 0.540. The highest BCUT2D eigenvalue weighted by molar-refractivity contribution is 6.31. The fraction of sp³-hybridized carbons (Fsp3) is 0.364. The van der Waals surface area contributed by atoms with Crippen molar-refractivity contribution in [2.75, 3.05) is 0 Å². The summed E-state index contributed by atoms with van der Waals surface area (Å²) in [6.07, 6.45) is 6.31. The van der Waals surface area contributed by atoms with Crippen LogP contribution in [0.3, 0.4) is 0 Å². The molecule has 0 amide bonds. The highest BCUT2D eigenvalue weighted by Gasteiger charge is 2.26. The van der Waals surface area contributed by atoms with Crippen LogP contribution in [-0.2, 0) is 6.54 Å². The molecule has 4 heteroatoms. The number of nitrogens with zero attached hydrogens (tertiary/aromatic N) is 2. The lowest BCUT2D eigenvalue weighted by Crippen LogP contribution is -1.95. The summed E-state index contributed by atoms with van der Waals surface area (Å²) in [5.74, 6) is 0. The Hall–Kier alpha value is -1.06. The number of halogens is 1. The number of nitrogens with two attached hydrogens (primary N) is 1. The van der Waals surface area contributed by atoms with Gasteiger partial charge in [0.1, 0.15) is 5.65 Å². The third kappa shape index (κ3) is 1.43. The molecule has 2 N–H and O–H groups in total. The molecule has 0 saturated heterocycles. The van der Waals surface area contributed by atoms with E-state index in [1.807, 2.05) is 6.07 Å². The van der Waals surface area contributed by atoms with Crippen LogP contribution in [0.5, 0.6) is 0 Å². The van der Waals surface area contributed by atoms with Gasteiger partial charge in [0.05, 0.1) is 5.02 Å². The molecule has 0 aromatic carbocycles. The monoisotopic (exact) mass is 221 g/mol. The smallest absolute Gasteiger partial charge is 0.140 e. The second-order valence-corrected chi connectivity index (χ2v) is 4.46. The second kappa shape index (κ2) is 3.22. The van der Waals surface area contributed by atoms with E-state index >= 15 is 0 Å². The number of pyridine rings is 1. The molecule has 1 saturated carbocycles. The van der Waals surface area contributed by atoms with Gasteiger partial charge in [-0.3, -0.25) is 0 Å². The number of hydrogen-bond acceptors (Lipinski definition) is 2. The summed E-state index contributed by atoms with van der Waals surface area (Å²) >= 11 is 5.94. The zero-order valence-corrected chi connectivity index (χ0v) is 9.04. The van der Waals surface area contributed by atoms with Crippen molar-refractivity contribution in [3.63, 3.8) is 0 Å². The van der Waals surface area contributed by atoms with Gasteiger partial charge in [-0.25, -0.2) is 4.98 Å². The Balaban J connectivity index is 2.28. The summed E-state index contributed by atoms with van der Waals surface area (Å²) in [7, 11) is 0. The molecule has 3 nitrogen and oxygen atoms in total. The lowest BCUT2D eigenvalue weighted by molar-refractivity contribution is 0.762. The number of aromatic nitrogens is 2. The van der Waals surface area contributed by atoms with Crippen molar-refractivity contribution < 1.29 is 0 Å². The normalized spacial score (nSPS) is 16.1. The first-order chi connectivity index (χ1) is 7.29. The van der Waals surface area contributed by atoms with Gasteiger partial charge in [-0.05, 0) is 24.5 Å². The zero-order valence-electron chi connectivity index (χ0n) is 8.28. The van der Waals surface area contributed by atoms with E-state index in [0.717, 1.165) is 16.6 Å². The van der Waals surface area contributed by atoms with Crippen LogP contribution < -0.4 is 5.73 Å². The quantitative estimate of drug-likeness (QED) is 0.847. The number of hydrogen-bond donors (Lipinski definition) is 1. The largest absolute Gasteiger partial charge is 0.329 e. The summed E-state index contributed by atoms with van der Waals surface area (Å²) in [5.41, 5.74) is 7.86. The van der Waals surface area contributed by atoms with E-state index in [2.05, 4.69) is 15.7 Å². The standard InChI is InChI=1S/C11H12ClN3/c12-8-3-10-7(4-13)6-15(9-1-2-9)11(10)14-5-8/h3,5-6,9H,1-2,4,13H2. The first-order valence-electron chi connectivity index (χ1n) is 5.14. The van der Waals surface area contributed by atoms with Crippen molar-refractivity contribution in [3.05, 3.63) is 29.0 Å². The molecular formula is C11H12ClN3. The minimum absolute atomic E-state index is 0.540. The van der Waals surface area contributed by atoms with E-state index in [1.54, 1.807) is 6.20 Å². The van der Waals surface area contributed by atoms with Gasteiger partial charge in [-0.15, -0.1) is 0 Å². The van der Waals surface area contributed by atoms with E-state index in [-0.39, 0.29) is 0 Å². The van der Waals surface area contributed by atoms with E-state index in [9.17, 15) is 0 Å². The van der Waals surface area contributed by atoms with Gasteiger partial charge in [0.25, 0.3) is 0 Å². The highest BCUT2D eigenvalue weighted by atomic mass is 35.5. The van der Waals surface area contributed by atoms with Crippen molar-refractivity contribution in [2.24, 2.45) is 5.73 Å². The molecule has 0 atom stereocenters. The van der Waals surface area contributed by atoms with Crippen LogP contribution in [-0.4, -0.2) is 9.55 Å². The Labute approximate surface area is 92.8 Å². The van der Waals surface area contributed by atoms with Crippen molar-refractivity contribution >= 4 is 22.6 Å². The summed E-state index contributed by atoms with van der Waals surface area (Å²) in [6, 6.07) is 2.58. The molecule has 0 aliphatic heterocycles. The molecule has 0 bridgehead atoms. The predicted molar refractivity (Wildman–Crippen MR) is 60.9 cm³/mol. The Bertz CT molecular complexity index is 514. The number of fused-ring (bicyclic) bond motifs is 1. The van der Waals surface area contributed by atoms with Crippen molar-refractivity contribution in [3.8, 4) is 0 Å². The van der Waals surface area contributed by atoms with Crippen LogP contribution in [0, 0.1) is 0 Å². The molecular weight excluding hydrogens is 210 g/mol. The molecule has 1 aliphatic rings. The molecule has 2 aromatic heterocycles. The third-order valence-corrected chi connectivity index (χ3v) is 3.09. The Morgan fingerprint density at radius 3 is 3.00 bits per heavy atom. The van der Waals surface area contributed by atoms with Gasteiger partial charge in [-0.2, -0.15) is 0 Å². The maximum atomic E-state index is 5.94. The van der Waals surface area contributed by atoms with Crippen LogP contribution in [0.25, 0.3) is 11.0 Å². The van der Waals surface area contributed by atoms with Crippen molar-refractivity contribution in [2.45, 2.75) is 25.4 Å². The maximum Gasteiger partial charge on any atom is 0.140 e. The van der Waals surface area contributed by atoms with Crippen LogP contribution in [0.2, 0.25) is 5.02 Å². The molecule has 78 valence electrons. The molecule has 1 aliphatic carbocycles. The van der Waals surface area contributed by atoms with Gasteiger partial charge in [-0.1, -0.05) is 11.6 Å². The van der Waals surface area contributed by atoms with Gasteiger partial charge in [0.2, 0.25) is 0 Å². The Kier molecular flexibility index (Phi) is 1.97. The minimum Gasteiger partial charge on any atom is -0.329 e. The summed E-state index contributed by atoms with van der Waals surface area (Å²) < 4.78 is 2.23. The maximum absolute atomic E-state index is 5.94.